The summed E-state index contributed by atoms with van der Waals surface area (Å²) in [5, 5.41) is 0. The Morgan fingerprint density at radius 2 is 1.80 bits per heavy atom. The van der Waals surface area contributed by atoms with Gasteiger partial charge in [-0.1, -0.05) is 10.7 Å². The van der Waals surface area contributed by atoms with Gasteiger partial charge in [-0.05, 0) is 6.42 Å². The first kappa shape index (κ1) is 14.6. The molecule has 0 saturated carbocycles. The molecule has 0 heterocycles. The first-order chi connectivity index (χ1) is 6.52. The molecule has 2 N–H and O–H groups in total. The second-order valence-corrected chi connectivity index (χ2v) is 5.68. The first-order valence-corrected chi connectivity index (χ1v) is 6.50. The van der Waals surface area contributed by atoms with E-state index in [1.54, 1.807) is 11.6 Å². The van der Waals surface area contributed by atoms with Crippen molar-refractivity contribution in [1.29, 1.82) is 0 Å². The lowest BCUT2D eigenvalue weighted by molar-refractivity contribution is -0.0435. The largest absolute Gasteiger partial charge is 0.519 e. The lowest BCUT2D eigenvalue weighted by Gasteiger charge is -2.05. The quantitative estimate of drug-likeness (QED) is 0.785. The van der Waals surface area contributed by atoms with E-state index < -0.39 is 25.7 Å². The molecule has 0 aliphatic carbocycles. The summed E-state index contributed by atoms with van der Waals surface area (Å²) in [5.41, 5.74) is -5.67. The van der Waals surface area contributed by atoms with Gasteiger partial charge >= 0.3 is 15.5 Å². The van der Waals surface area contributed by atoms with Gasteiger partial charge in [0.05, 0.1) is 0 Å². The SMILES string of the molecule is CCCNS(=O)(O)=NS(=O)(=O)C(F)(F)F. The zero-order valence-corrected chi connectivity index (χ0v) is 9.12. The van der Waals surface area contributed by atoms with E-state index in [0.717, 1.165) is 0 Å². The van der Waals surface area contributed by atoms with Gasteiger partial charge in [-0.15, -0.1) is 0 Å². The molecule has 11 heteroatoms. The van der Waals surface area contributed by atoms with Gasteiger partial charge in [0.25, 0.3) is 0 Å². The average Bonchev–Trinajstić information content (AvgIpc) is 1.96. The van der Waals surface area contributed by atoms with Crippen molar-refractivity contribution in [1.82, 2.24) is 4.72 Å². The Hall–Kier alpha value is -0.390. The van der Waals surface area contributed by atoms with Crippen LogP contribution in [0.2, 0.25) is 0 Å². The van der Waals surface area contributed by atoms with Crippen molar-refractivity contribution in [2.45, 2.75) is 18.9 Å². The molecule has 15 heavy (non-hydrogen) atoms. The number of sulfonamides is 1. The van der Waals surface area contributed by atoms with E-state index in [2.05, 4.69) is 0 Å². The van der Waals surface area contributed by atoms with E-state index in [-0.39, 0.29) is 6.54 Å². The Kier molecular flexibility index (Phi) is 4.51. The van der Waals surface area contributed by atoms with Crippen molar-refractivity contribution in [2.75, 3.05) is 6.54 Å². The Balaban J connectivity index is 5.15. The molecule has 1 unspecified atom stereocenters. The Morgan fingerprint density at radius 1 is 1.33 bits per heavy atom. The molecule has 1 atom stereocenters. The van der Waals surface area contributed by atoms with Crippen LogP contribution in [-0.4, -0.2) is 29.2 Å². The molecule has 0 aromatic carbocycles. The maximum Gasteiger partial charge on any atom is 0.519 e. The van der Waals surface area contributed by atoms with Crippen LogP contribution >= 0.6 is 0 Å². The minimum atomic E-state index is -5.95. The number of alkyl halides is 3. The molecule has 0 aromatic heterocycles. The predicted octanol–water partition coefficient (Wildman–Crippen LogP) is 0.692. The Labute approximate surface area is 85.1 Å². The van der Waals surface area contributed by atoms with Gasteiger partial charge in [-0.2, -0.15) is 21.6 Å². The first-order valence-electron chi connectivity index (χ1n) is 3.58. The van der Waals surface area contributed by atoms with Gasteiger partial charge in [0.1, 0.15) is 0 Å². The summed E-state index contributed by atoms with van der Waals surface area (Å²) in [7, 11) is -10.5. The highest BCUT2D eigenvalue weighted by Gasteiger charge is 2.47. The third-order valence-corrected chi connectivity index (χ3v) is 3.79. The van der Waals surface area contributed by atoms with Crippen molar-refractivity contribution < 1.29 is 30.4 Å². The smallest absolute Gasteiger partial charge is 0.288 e. The van der Waals surface area contributed by atoms with Crippen LogP contribution in [0, 0.1) is 0 Å². The van der Waals surface area contributed by atoms with Crippen molar-refractivity contribution in [3.05, 3.63) is 0 Å². The number of halogens is 3. The van der Waals surface area contributed by atoms with Gasteiger partial charge in [-0.25, -0.2) is 8.93 Å². The van der Waals surface area contributed by atoms with Crippen LogP contribution in [-0.2, 0) is 20.2 Å². The molecule has 0 radical (unpaired) electrons. The lowest BCUT2D eigenvalue weighted by Crippen LogP contribution is -2.28. The van der Waals surface area contributed by atoms with E-state index in [4.69, 9.17) is 4.55 Å². The van der Waals surface area contributed by atoms with Crippen molar-refractivity contribution >= 4 is 20.2 Å². The fraction of sp³-hybridized carbons (Fsp3) is 1.00. The van der Waals surface area contributed by atoms with Crippen LogP contribution in [0.4, 0.5) is 13.2 Å². The summed E-state index contributed by atoms with van der Waals surface area (Å²) < 4.78 is 79.0. The molecular weight excluding hydrogens is 261 g/mol. The third-order valence-electron chi connectivity index (χ3n) is 1.03. The van der Waals surface area contributed by atoms with Crippen molar-refractivity contribution in [3.8, 4) is 0 Å². The second-order valence-electron chi connectivity index (χ2n) is 2.39. The highest BCUT2D eigenvalue weighted by molar-refractivity contribution is 8.00. The summed E-state index contributed by atoms with van der Waals surface area (Å²) in [6, 6.07) is 0. The van der Waals surface area contributed by atoms with Crippen LogP contribution < -0.4 is 4.72 Å². The third kappa shape index (κ3) is 4.77. The van der Waals surface area contributed by atoms with E-state index >= 15 is 0 Å². The molecule has 0 aliphatic rings. The molecule has 0 amide bonds. The van der Waals surface area contributed by atoms with Crippen LogP contribution in [0.3, 0.4) is 0 Å². The van der Waals surface area contributed by atoms with Crippen LogP contribution in [0.15, 0.2) is 3.77 Å². The zero-order valence-electron chi connectivity index (χ0n) is 7.48. The number of nitrogens with zero attached hydrogens (tertiary/aromatic N) is 1. The number of hydrogen-bond acceptors (Lipinski definition) is 3. The highest BCUT2D eigenvalue weighted by atomic mass is 32.3. The zero-order chi connectivity index (χ0) is 12.3. The van der Waals surface area contributed by atoms with Gasteiger partial charge in [-0.3, -0.25) is 4.55 Å². The summed E-state index contributed by atoms with van der Waals surface area (Å²) in [5.74, 6) is 0. The minimum absolute atomic E-state index is 0.133. The van der Waals surface area contributed by atoms with E-state index in [0.29, 0.717) is 6.42 Å². The molecule has 0 saturated heterocycles. The van der Waals surface area contributed by atoms with Gasteiger partial charge < -0.3 is 0 Å². The second kappa shape index (κ2) is 4.63. The predicted molar refractivity (Wildman–Crippen MR) is 46.5 cm³/mol. The standard InChI is InChI=1S/C4H9F3N2O4S2/c1-2-3-8-15(12,13)9-14(10,11)4(5,6)7/h2-3H2,1H3,(H2,8,9,12,13). The summed E-state index contributed by atoms with van der Waals surface area (Å²) in [4.78, 5) is 0. The fourth-order valence-electron chi connectivity index (χ4n) is 0.437. The topological polar surface area (TPSA) is 95.8 Å². The summed E-state index contributed by atoms with van der Waals surface area (Å²) in [6.07, 6.45) is 0.332. The maximum atomic E-state index is 11.7. The highest BCUT2D eigenvalue weighted by Crippen LogP contribution is 2.25. The van der Waals surface area contributed by atoms with Crippen molar-refractivity contribution in [2.24, 2.45) is 3.77 Å². The average molecular weight is 270 g/mol. The van der Waals surface area contributed by atoms with E-state index in [1.165, 1.54) is 0 Å². The number of nitrogens with one attached hydrogen (secondary N) is 1. The molecule has 92 valence electrons. The van der Waals surface area contributed by atoms with E-state index in [9.17, 15) is 25.8 Å². The van der Waals surface area contributed by atoms with Crippen LogP contribution in [0.25, 0.3) is 0 Å². The molecule has 0 bridgehead atoms. The van der Waals surface area contributed by atoms with Crippen LogP contribution in [0.1, 0.15) is 13.3 Å². The van der Waals surface area contributed by atoms with Gasteiger partial charge in [0, 0.05) is 6.54 Å². The monoisotopic (exact) mass is 270 g/mol. The van der Waals surface area contributed by atoms with Gasteiger partial charge in [0.15, 0.2) is 0 Å². The normalized spacial score (nSPS) is 17.1. The molecule has 0 aromatic rings. The van der Waals surface area contributed by atoms with E-state index in [1.807, 2.05) is 3.77 Å². The number of hydrogen-bond donors (Lipinski definition) is 2. The minimum Gasteiger partial charge on any atom is -0.288 e. The summed E-state index contributed by atoms with van der Waals surface area (Å²) in [6.45, 7) is 1.44. The summed E-state index contributed by atoms with van der Waals surface area (Å²) >= 11 is 0. The Morgan fingerprint density at radius 3 is 2.13 bits per heavy atom. The molecular formula is C4H9F3N2O4S2. The molecule has 0 rings (SSSR count). The number of rotatable bonds is 4. The molecule has 6 nitrogen and oxygen atoms in total. The Bertz CT molecular complexity index is 420. The molecule has 0 fully saturated rings. The molecule has 0 aliphatic heterocycles. The van der Waals surface area contributed by atoms with Gasteiger partial charge in [0.2, 0.25) is 10.2 Å². The maximum absolute atomic E-state index is 11.7. The van der Waals surface area contributed by atoms with Crippen molar-refractivity contribution in [3.63, 3.8) is 0 Å². The molecule has 0 spiro atoms. The van der Waals surface area contributed by atoms with Crippen LogP contribution in [0.5, 0.6) is 0 Å². The lowest BCUT2D eigenvalue weighted by atomic mass is 10.5. The fourth-order valence-corrected chi connectivity index (χ4v) is 2.52.